The number of thioether (sulfide) groups is 1. The van der Waals surface area contributed by atoms with E-state index in [4.69, 9.17) is 5.73 Å². The number of benzene rings is 1. The standard InChI is InChI=1S/C11H11F3N2S/c12-11(13,14)8-3-1-2-7(4-8)5-10-16-9(15)6-17-10/h1-4,9H,5-6,15H2. The predicted octanol–water partition coefficient (Wildman–Crippen LogP) is 2.68. The molecule has 0 saturated heterocycles. The normalized spacial score (nSPS) is 20.5. The van der Waals surface area contributed by atoms with Crippen LogP contribution in [0.3, 0.4) is 0 Å². The lowest BCUT2D eigenvalue weighted by Crippen LogP contribution is -2.15. The fourth-order valence-electron chi connectivity index (χ4n) is 1.57. The Kier molecular flexibility index (Phi) is 3.44. The maximum Gasteiger partial charge on any atom is 0.416 e. The van der Waals surface area contributed by atoms with Crippen LogP contribution < -0.4 is 5.73 Å². The van der Waals surface area contributed by atoms with Crippen LogP contribution in [0, 0.1) is 0 Å². The fourth-order valence-corrected chi connectivity index (χ4v) is 2.49. The monoisotopic (exact) mass is 260 g/mol. The third-order valence-corrected chi connectivity index (χ3v) is 3.43. The Morgan fingerprint density at radius 3 is 2.76 bits per heavy atom. The molecule has 1 aromatic rings. The van der Waals surface area contributed by atoms with Crippen LogP contribution in [-0.4, -0.2) is 17.0 Å². The van der Waals surface area contributed by atoms with E-state index in [1.807, 2.05) is 0 Å². The quantitative estimate of drug-likeness (QED) is 0.887. The van der Waals surface area contributed by atoms with Gasteiger partial charge in [-0.05, 0) is 11.6 Å². The molecule has 2 rings (SSSR count). The second-order valence-electron chi connectivity index (χ2n) is 3.78. The first-order valence-corrected chi connectivity index (χ1v) is 6.05. The van der Waals surface area contributed by atoms with E-state index < -0.39 is 11.7 Å². The van der Waals surface area contributed by atoms with Gasteiger partial charge in [0.05, 0.1) is 10.6 Å². The maximum absolute atomic E-state index is 12.5. The topological polar surface area (TPSA) is 38.4 Å². The summed E-state index contributed by atoms with van der Waals surface area (Å²) in [5.41, 5.74) is 5.58. The van der Waals surface area contributed by atoms with E-state index in [0.29, 0.717) is 17.7 Å². The number of hydrogen-bond acceptors (Lipinski definition) is 3. The Balaban J connectivity index is 2.15. The molecule has 0 aromatic heterocycles. The fraction of sp³-hybridized carbons (Fsp3) is 0.364. The number of rotatable bonds is 2. The van der Waals surface area contributed by atoms with Crippen molar-refractivity contribution in [1.82, 2.24) is 0 Å². The zero-order chi connectivity index (χ0) is 12.5. The lowest BCUT2D eigenvalue weighted by atomic mass is 10.1. The largest absolute Gasteiger partial charge is 0.416 e. The molecule has 1 aliphatic heterocycles. The molecule has 1 aliphatic rings. The number of hydrogen-bond donors (Lipinski definition) is 1. The van der Waals surface area contributed by atoms with Crippen LogP contribution in [0.4, 0.5) is 13.2 Å². The summed E-state index contributed by atoms with van der Waals surface area (Å²) >= 11 is 1.50. The van der Waals surface area contributed by atoms with Crippen LogP contribution in [0.1, 0.15) is 11.1 Å². The van der Waals surface area contributed by atoms with Gasteiger partial charge in [0.1, 0.15) is 6.17 Å². The number of nitrogens with zero attached hydrogens (tertiary/aromatic N) is 1. The second-order valence-corrected chi connectivity index (χ2v) is 4.87. The van der Waals surface area contributed by atoms with Crippen molar-refractivity contribution in [1.29, 1.82) is 0 Å². The van der Waals surface area contributed by atoms with E-state index >= 15 is 0 Å². The van der Waals surface area contributed by atoms with Gasteiger partial charge < -0.3 is 5.73 Å². The highest BCUT2D eigenvalue weighted by Gasteiger charge is 2.30. The average molecular weight is 260 g/mol. The van der Waals surface area contributed by atoms with Gasteiger partial charge >= 0.3 is 6.18 Å². The van der Waals surface area contributed by atoms with Gasteiger partial charge in [0.2, 0.25) is 0 Å². The van der Waals surface area contributed by atoms with Crippen LogP contribution >= 0.6 is 11.8 Å². The molecule has 0 radical (unpaired) electrons. The minimum absolute atomic E-state index is 0.221. The van der Waals surface area contributed by atoms with Crippen LogP contribution in [-0.2, 0) is 12.6 Å². The van der Waals surface area contributed by atoms with Crippen molar-refractivity contribution in [2.75, 3.05) is 5.75 Å². The van der Waals surface area contributed by atoms with Gasteiger partial charge in [-0.2, -0.15) is 13.2 Å². The summed E-state index contributed by atoms with van der Waals surface area (Å²) in [7, 11) is 0. The minimum atomic E-state index is -4.29. The van der Waals surface area contributed by atoms with Gasteiger partial charge in [-0.1, -0.05) is 18.2 Å². The van der Waals surface area contributed by atoms with Crippen molar-refractivity contribution < 1.29 is 13.2 Å². The lowest BCUT2D eigenvalue weighted by Gasteiger charge is -2.08. The first-order chi connectivity index (χ1) is 7.95. The van der Waals surface area contributed by atoms with Crippen molar-refractivity contribution in [2.45, 2.75) is 18.8 Å². The van der Waals surface area contributed by atoms with Crippen LogP contribution in [0.5, 0.6) is 0 Å². The average Bonchev–Trinajstić information content (AvgIpc) is 2.63. The molecule has 1 heterocycles. The first kappa shape index (κ1) is 12.4. The van der Waals surface area contributed by atoms with E-state index in [0.717, 1.165) is 17.2 Å². The molecule has 0 saturated carbocycles. The van der Waals surface area contributed by atoms with Crippen molar-refractivity contribution >= 4 is 16.8 Å². The number of aliphatic imine (C=N–C) groups is 1. The molecule has 0 spiro atoms. The molecule has 0 aliphatic carbocycles. The Labute approximate surface area is 101 Å². The van der Waals surface area contributed by atoms with Crippen molar-refractivity contribution in [3.63, 3.8) is 0 Å². The summed E-state index contributed by atoms with van der Waals surface area (Å²) in [5, 5.41) is 0.803. The highest BCUT2D eigenvalue weighted by Crippen LogP contribution is 2.30. The SMILES string of the molecule is NC1CSC(Cc2cccc(C(F)(F)F)c2)=N1. The molecule has 6 heteroatoms. The Morgan fingerprint density at radius 2 is 2.18 bits per heavy atom. The molecule has 1 unspecified atom stereocenters. The zero-order valence-electron chi connectivity index (χ0n) is 8.87. The van der Waals surface area contributed by atoms with E-state index in [-0.39, 0.29) is 6.17 Å². The van der Waals surface area contributed by atoms with Crippen molar-refractivity contribution in [3.8, 4) is 0 Å². The summed E-state index contributed by atoms with van der Waals surface area (Å²) in [5.74, 6) is 0.703. The van der Waals surface area contributed by atoms with Gasteiger partial charge in [-0.3, -0.25) is 4.99 Å². The number of halogens is 3. The molecular weight excluding hydrogens is 249 g/mol. The minimum Gasteiger partial charge on any atom is -0.309 e. The molecule has 92 valence electrons. The molecule has 1 atom stereocenters. The molecule has 1 aromatic carbocycles. The van der Waals surface area contributed by atoms with Gasteiger partial charge in [-0.25, -0.2) is 0 Å². The number of nitrogens with two attached hydrogens (primary N) is 1. The van der Waals surface area contributed by atoms with Crippen LogP contribution in [0.2, 0.25) is 0 Å². The predicted molar refractivity (Wildman–Crippen MR) is 63.0 cm³/mol. The van der Waals surface area contributed by atoms with Crippen molar-refractivity contribution in [2.24, 2.45) is 10.7 Å². The molecule has 0 fully saturated rings. The van der Waals surface area contributed by atoms with Gasteiger partial charge in [0, 0.05) is 12.2 Å². The van der Waals surface area contributed by atoms with Gasteiger partial charge in [0.15, 0.2) is 0 Å². The lowest BCUT2D eigenvalue weighted by molar-refractivity contribution is -0.137. The molecule has 0 bridgehead atoms. The maximum atomic E-state index is 12.5. The van der Waals surface area contributed by atoms with Crippen molar-refractivity contribution in [3.05, 3.63) is 35.4 Å². The third-order valence-electron chi connectivity index (χ3n) is 2.34. The van der Waals surface area contributed by atoms with E-state index in [2.05, 4.69) is 4.99 Å². The first-order valence-electron chi connectivity index (χ1n) is 5.06. The zero-order valence-corrected chi connectivity index (χ0v) is 9.68. The summed E-state index contributed by atoms with van der Waals surface area (Å²) in [4.78, 5) is 4.15. The molecule has 17 heavy (non-hydrogen) atoms. The Bertz CT molecular complexity index is 443. The van der Waals surface area contributed by atoms with Gasteiger partial charge in [0.25, 0.3) is 0 Å². The second kappa shape index (κ2) is 4.70. The summed E-state index contributed by atoms with van der Waals surface area (Å²) in [6.45, 7) is 0. The summed E-state index contributed by atoms with van der Waals surface area (Å²) < 4.78 is 37.5. The van der Waals surface area contributed by atoms with Gasteiger partial charge in [-0.15, -0.1) is 11.8 Å². The summed E-state index contributed by atoms with van der Waals surface area (Å²) in [6.07, 6.45) is -4.10. The third kappa shape index (κ3) is 3.23. The molecule has 2 N–H and O–H groups in total. The Hall–Kier alpha value is -1.01. The smallest absolute Gasteiger partial charge is 0.309 e. The highest BCUT2D eigenvalue weighted by molar-refractivity contribution is 8.14. The Morgan fingerprint density at radius 1 is 1.41 bits per heavy atom. The van der Waals surface area contributed by atoms with E-state index in [1.165, 1.54) is 17.8 Å². The molecular formula is C11H11F3N2S. The molecule has 2 nitrogen and oxygen atoms in total. The highest BCUT2D eigenvalue weighted by atomic mass is 32.2. The van der Waals surface area contributed by atoms with E-state index in [1.54, 1.807) is 6.07 Å². The van der Waals surface area contributed by atoms with Crippen LogP contribution in [0.25, 0.3) is 0 Å². The van der Waals surface area contributed by atoms with E-state index in [9.17, 15) is 13.2 Å². The number of alkyl halides is 3. The molecule has 0 amide bonds. The van der Waals surface area contributed by atoms with Crippen LogP contribution in [0.15, 0.2) is 29.3 Å². The summed E-state index contributed by atoms with van der Waals surface area (Å²) in [6, 6.07) is 5.31.